The second-order valence-corrected chi connectivity index (χ2v) is 4.08. The topological polar surface area (TPSA) is 92.8 Å². The number of esters is 1. The number of carbonyl (C=O) groups is 1. The van der Waals surface area contributed by atoms with E-state index in [1.165, 1.54) is 12.1 Å². The summed E-state index contributed by atoms with van der Waals surface area (Å²) in [5, 5.41) is 19.5. The molecule has 6 heteroatoms. The zero-order valence-electron chi connectivity index (χ0n) is 10.7. The summed E-state index contributed by atoms with van der Waals surface area (Å²) < 4.78 is 18.2. The highest BCUT2D eigenvalue weighted by Crippen LogP contribution is 2.21. The highest BCUT2D eigenvalue weighted by molar-refractivity contribution is 5.70. The number of aliphatic hydroxyl groups excluding tert-OH is 2. The van der Waals surface area contributed by atoms with E-state index in [0.29, 0.717) is 5.56 Å². The molecule has 0 fully saturated rings. The van der Waals surface area contributed by atoms with Crippen molar-refractivity contribution < 1.29 is 24.1 Å². The number of rotatable bonds is 6. The third-order valence-corrected chi connectivity index (χ3v) is 2.68. The number of aliphatic hydroxyl groups is 2. The van der Waals surface area contributed by atoms with Gasteiger partial charge in [0, 0.05) is 12.1 Å². The Morgan fingerprint density at radius 2 is 2.16 bits per heavy atom. The van der Waals surface area contributed by atoms with Crippen molar-refractivity contribution in [1.29, 1.82) is 0 Å². The van der Waals surface area contributed by atoms with Crippen LogP contribution in [0.4, 0.5) is 4.39 Å². The summed E-state index contributed by atoms with van der Waals surface area (Å²) in [6.07, 6.45) is -3.05. The average Bonchev–Trinajstić information content (AvgIpc) is 2.37. The number of ether oxygens (including phenoxy) is 1. The van der Waals surface area contributed by atoms with Gasteiger partial charge in [0.15, 0.2) is 0 Å². The molecule has 19 heavy (non-hydrogen) atoms. The van der Waals surface area contributed by atoms with E-state index >= 15 is 0 Å². The minimum Gasteiger partial charge on any atom is -0.466 e. The van der Waals surface area contributed by atoms with E-state index in [1.807, 2.05) is 0 Å². The molecule has 0 aromatic heterocycles. The van der Waals surface area contributed by atoms with Crippen LogP contribution in [-0.2, 0) is 16.1 Å². The Bertz CT molecular complexity index is 439. The molecule has 0 saturated carbocycles. The molecule has 2 unspecified atom stereocenters. The van der Waals surface area contributed by atoms with E-state index < -0.39 is 24.0 Å². The minimum atomic E-state index is -1.36. The molecule has 1 aromatic rings. The molecule has 0 spiro atoms. The van der Waals surface area contributed by atoms with Gasteiger partial charge in [0.25, 0.3) is 0 Å². The predicted molar refractivity (Wildman–Crippen MR) is 66.5 cm³/mol. The third kappa shape index (κ3) is 4.27. The van der Waals surface area contributed by atoms with Crippen LogP contribution >= 0.6 is 0 Å². The van der Waals surface area contributed by atoms with Gasteiger partial charge in [0.2, 0.25) is 0 Å². The molecule has 0 heterocycles. The van der Waals surface area contributed by atoms with Gasteiger partial charge < -0.3 is 20.7 Å². The van der Waals surface area contributed by atoms with E-state index in [2.05, 4.69) is 4.74 Å². The summed E-state index contributed by atoms with van der Waals surface area (Å²) in [7, 11) is 0. The number of hydrogen-bond donors (Lipinski definition) is 3. The molecule has 5 nitrogen and oxygen atoms in total. The molecule has 4 N–H and O–H groups in total. The van der Waals surface area contributed by atoms with Gasteiger partial charge >= 0.3 is 5.97 Å². The van der Waals surface area contributed by atoms with Gasteiger partial charge in [-0.15, -0.1) is 0 Å². The van der Waals surface area contributed by atoms with Crippen molar-refractivity contribution in [3.05, 3.63) is 35.1 Å². The first-order chi connectivity index (χ1) is 8.99. The van der Waals surface area contributed by atoms with Gasteiger partial charge in [0.05, 0.1) is 19.1 Å². The smallest absolute Gasteiger partial charge is 0.308 e. The number of halogens is 1. The van der Waals surface area contributed by atoms with Crippen LogP contribution in [0.2, 0.25) is 0 Å². The zero-order valence-corrected chi connectivity index (χ0v) is 10.7. The Labute approximate surface area is 110 Å². The van der Waals surface area contributed by atoms with Crippen LogP contribution < -0.4 is 5.73 Å². The average molecular weight is 271 g/mol. The van der Waals surface area contributed by atoms with Crippen LogP contribution in [0.15, 0.2) is 18.2 Å². The second kappa shape index (κ2) is 7.18. The van der Waals surface area contributed by atoms with Crippen LogP contribution in [0.25, 0.3) is 0 Å². The van der Waals surface area contributed by atoms with Crippen molar-refractivity contribution in [2.24, 2.45) is 5.73 Å². The fraction of sp³-hybridized carbons (Fsp3) is 0.462. The molecule has 106 valence electrons. The maximum atomic E-state index is 13.5. The number of carbonyl (C=O) groups excluding carboxylic acids is 1. The van der Waals surface area contributed by atoms with Gasteiger partial charge in [-0.25, -0.2) is 4.39 Å². The first-order valence-corrected chi connectivity index (χ1v) is 5.99. The number of nitrogens with two attached hydrogens (primary N) is 1. The molecular weight excluding hydrogens is 253 g/mol. The molecule has 0 aliphatic heterocycles. The summed E-state index contributed by atoms with van der Waals surface area (Å²) in [5.41, 5.74) is 5.82. The fourth-order valence-electron chi connectivity index (χ4n) is 1.64. The summed E-state index contributed by atoms with van der Waals surface area (Å²) in [5.74, 6) is -1.17. The number of hydrogen-bond acceptors (Lipinski definition) is 5. The summed E-state index contributed by atoms with van der Waals surface area (Å²) in [6, 6.07) is 4.00. The minimum absolute atomic E-state index is 0.0492. The van der Waals surface area contributed by atoms with Crippen molar-refractivity contribution >= 4 is 5.97 Å². The molecule has 0 aliphatic carbocycles. The lowest BCUT2D eigenvalue weighted by atomic mass is 10.0. The molecule has 2 atom stereocenters. The van der Waals surface area contributed by atoms with Crippen LogP contribution in [0, 0.1) is 5.82 Å². The lowest BCUT2D eigenvalue weighted by molar-refractivity contribution is -0.147. The standard InChI is InChI=1S/C13H18FNO4/c1-2-19-12(17)6-11(16)13(18)8-3-4-9(7-15)10(14)5-8/h3-5,11,13,16,18H,2,6-7,15H2,1H3. The molecule has 0 amide bonds. The largest absolute Gasteiger partial charge is 0.466 e. The van der Waals surface area contributed by atoms with Crippen LogP contribution in [0.5, 0.6) is 0 Å². The van der Waals surface area contributed by atoms with Gasteiger partial charge in [-0.2, -0.15) is 0 Å². The van der Waals surface area contributed by atoms with E-state index in [1.54, 1.807) is 6.92 Å². The summed E-state index contributed by atoms with van der Waals surface area (Å²) >= 11 is 0. The zero-order chi connectivity index (χ0) is 14.4. The predicted octanol–water partition coefficient (Wildman–Crippen LogP) is 0.632. The van der Waals surface area contributed by atoms with Crippen molar-refractivity contribution in [2.75, 3.05) is 6.61 Å². The monoisotopic (exact) mass is 271 g/mol. The number of benzene rings is 1. The van der Waals surface area contributed by atoms with Crippen LogP contribution in [0.3, 0.4) is 0 Å². The lowest BCUT2D eigenvalue weighted by Crippen LogP contribution is -2.23. The first-order valence-electron chi connectivity index (χ1n) is 5.99. The van der Waals surface area contributed by atoms with E-state index in [4.69, 9.17) is 5.73 Å². The highest BCUT2D eigenvalue weighted by atomic mass is 19.1. The van der Waals surface area contributed by atoms with Crippen molar-refractivity contribution in [2.45, 2.75) is 32.1 Å². The molecule has 1 aromatic carbocycles. The van der Waals surface area contributed by atoms with Crippen molar-refractivity contribution in [3.8, 4) is 0 Å². The molecular formula is C13H18FNO4. The third-order valence-electron chi connectivity index (χ3n) is 2.68. The Balaban J connectivity index is 2.73. The molecule has 1 rings (SSSR count). The van der Waals surface area contributed by atoms with E-state index in [-0.39, 0.29) is 25.1 Å². The molecule has 0 radical (unpaired) electrons. The van der Waals surface area contributed by atoms with Crippen molar-refractivity contribution in [3.63, 3.8) is 0 Å². The normalized spacial score (nSPS) is 13.9. The molecule has 0 saturated heterocycles. The van der Waals surface area contributed by atoms with Gasteiger partial charge in [-0.05, 0) is 18.6 Å². The Kier molecular flexibility index (Phi) is 5.88. The summed E-state index contributed by atoms with van der Waals surface area (Å²) in [4.78, 5) is 11.2. The Morgan fingerprint density at radius 1 is 1.47 bits per heavy atom. The highest BCUT2D eigenvalue weighted by Gasteiger charge is 2.22. The van der Waals surface area contributed by atoms with E-state index in [9.17, 15) is 19.4 Å². The van der Waals surface area contributed by atoms with Gasteiger partial charge in [-0.1, -0.05) is 12.1 Å². The van der Waals surface area contributed by atoms with Gasteiger partial charge in [-0.3, -0.25) is 4.79 Å². The fourth-order valence-corrected chi connectivity index (χ4v) is 1.64. The maximum absolute atomic E-state index is 13.5. The van der Waals surface area contributed by atoms with Crippen LogP contribution in [0.1, 0.15) is 30.6 Å². The Morgan fingerprint density at radius 3 is 2.68 bits per heavy atom. The first kappa shape index (κ1) is 15.6. The summed E-state index contributed by atoms with van der Waals surface area (Å²) in [6.45, 7) is 1.89. The van der Waals surface area contributed by atoms with Gasteiger partial charge in [0.1, 0.15) is 11.9 Å². The Hall–Kier alpha value is -1.50. The maximum Gasteiger partial charge on any atom is 0.308 e. The molecule has 0 aliphatic rings. The quantitative estimate of drug-likeness (QED) is 0.660. The van der Waals surface area contributed by atoms with Crippen molar-refractivity contribution in [1.82, 2.24) is 0 Å². The SMILES string of the molecule is CCOC(=O)CC(O)C(O)c1ccc(CN)c(F)c1. The van der Waals surface area contributed by atoms with Crippen LogP contribution in [-0.4, -0.2) is 28.9 Å². The molecule has 0 bridgehead atoms. The van der Waals surface area contributed by atoms with E-state index in [0.717, 1.165) is 6.07 Å². The second-order valence-electron chi connectivity index (χ2n) is 4.08. The lowest BCUT2D eigenvalue weighted by Gasteiger charge is -2.18.